The minimum Gasteiger partial charge on any atom is -0.444 e. The van der Waals surface area contributed by atoms with Crippen LogP contribution in [0.2, 0.25) is 0 Å². The van der Waals surface area contributed by atoms with E-state index in [9.17, 15) is 18.0 Å². The Labute approximate surface area is 171 Å². The predicted molar refractivity (Wildman–Crippen MR) is 108 cm³/mol. The van der Waals surface area contributed by atoms with Gasteiger partial charge >= 0.3 is 12.3 Å². The first-order valence-corrected chi connectivity index (χ1v) is 9.56. The number of halogens is 3. The lowest BCUT2D eigenvalue weighted by molar-refractivity contribution is -0.137. The quantitative estimate of drug-likeness (QED) is 0.600. The van der Waals surface area contributed by atoms with Crippen molar-refractivity contribution >= 4 is 11.8 Å². The Kier molecular flexibility index (Phi) is 6.18. The highest BCUT2D eigenvalue weighted by Gasteiger charge is 2.42. The van der Waals surface area contributed by atoms with Gasteiger partial charge < -0.3 is 14.5 Å². The molecule has 1 amide bonds. The van der Waals surface area contributed by atoms with Crippen LogP contribution in [0.15, 0.2) is 18.2 Å². The summed E-state index contributed by atoms with van der Waals surface area (Å²) in [5, 5.41) is 0. The number of hydrogen-bond acceptors (Lipinski definition) is 3. The Morgan fingerprint density at radius 2 is 1.76 bits per heavy atom. The minimum absolute atomic E-state index is 0.0783. The molecule has 160 valence electrons. The van der Waals surface area contributed by atoms with Crippen LogP contribution < -0.4 is 4.90 Å². The van der Waals surface area contributed by atoms with E-state index < -0.39 is 23.4 Å². The molecule has 2 rings (SSSR count). The van der Waals surface area contributed by atoms with Gasteiger partial charge in [0.2, 0.25) is 0 Å². The Morgan fingerprint density at radius 1 is 1.14 bits per heavy atom. The van der Waals surface area contributed by atoms with E-state index in [0.717, 1.165) is 6.07 Å². The number of ether oxygens (including phenoxy) is 1. The molecule has 0 aliphatic carbocycles. The van der Waals surface area contributed by atoms with E-state index in [1.165, 1.54) is 12.1 Å². The Hall–Kier alpha value is -2.36. The summed E-state index contributed by atoms with van der Waals surface area (Å²) in [6.07, 6.45) is 0.308. The monoisotopic (exact) mass is 410 g/mol. The zero-order valence-corrected chi connectivity index (χ0v) is 17.9. The van der Waals surface area contributed by atoms with E-state index in [4.69, 9.17) is 11.2 Å². The number of terminal acetylenes is 1. The molecule has 7 heteroatoms. The summed E-state index contributed by atoms with van der Waals surface area (Å²) in [6.45, 7) is 12.1. The van der Waals surface area contributed by atoms with E-state index in [1.54, 1.807) is 30.6 Å². The fourth-order valence-corrected chi connectivity index (χ4v) is 3.41. The van der Waals surface area contributed by atoms with Gasteiger partial charge in [-0.15, -0.1) is 6.42 Å². The molecule has 1 atom stereocenters. The lowest BCUT2D eigenvalue weighted by Crippen LogP contribution is -2.60. The van der Waals surface area contributed by atoms with Crippen LogP contribution in [-0.2, 0) is 10.9 Å². The standard InChI is InChI=1S/C22H29F3N2O2/c1-8-15-9-10-17(16(13-15)22(23,24)25)26-11-12-27(18(14-26)20(2,3)4)19(28)29-21(5,6)7/h1,9-10,13,18H,11-12,14H2,2-7H3. The molecule has 1 saturated heterocycles. The van der Waals surface area contributed by atoms with Crippen molar-refractivity contribution in [3.8, 4) is 12.3 Å². The van der Waals surface area contributed by atoms with Crippen LogP contribution in [-0.4, -0.2) is 42.3 Å². The molecule has 1 aliphatic rings. The summed E-state index contributed by atoms with van der Waals surface area (Å²) in [6, 6.07) is 3.61. The summed E-state index contributed by atoms with van der Waals surface area (Å²) in [4.78, 5) is 16.0. The summed E-state index contributed by atoms with van der Waals surface area (Å²) in [7, 11) is 0. The fourth-order valence-electron chi connectivity index (χ4n) is 3.41. The molecule has 0 spiro atoms. The molecule has 1 aromatic carbocycles. The van der Waals surface area contributed by atoms with Gasteiger partial charge in [-0.1, -0.05) is 26.7 Å². The predicted octanol–water partition coefficient (Wildman–Crippen LogP) is 5.16. The summed E-state index contributed by atoms with van der Waals surface area (Å²) in [5.74, 6) is 2.26. The molecular weight excluding hydrogens is 381 g/mol. The highest BCUT2D eigenvalue weighted by molar-refractivity contribution is 5.70. The maximum absolute atomic E-state index is 13.7. The van der Waals surface area contributed by atoms with E-state index in [-0.39, 0.29) is 42.3 Å². The zero-order chi connectivity index (χ0) is 22.2. The minimum atomic E-state index is -4.53. The van der Waals surface area contributed by atoms with Crippen molar-refractivity contribution in [2.75, 3.05) is 24.5 Å². The maximum atomic E-state index is 13.7. The summed E-state index contributed by atoms with van der Waals surface area (Å²) >= 11 is 0. The van der Waals surface area contributed by atoms with Gasteiger partial charge in [-0.2, -0.15) is 13.2 Å². The zero-order valence-electron chi connectivity index (χ0n) is 17.9. The van der Waals surface area contributed by atoms with Crippen LogP contribution in [0, 0.1) is 17.8 Å². The van der Waals surface area contributed by atoms with Crippen molar-refractivity contribution in [3.05, 3.63) is 29.3 Å². The number of carbonyl (C=O) groups is 1. The molecule has 1 aromatic rings. The molecule has 1 unspecified atom stereocenters. The molecule has 1 aliphatic heterocycles. The van der Waals surface area contributed by atoms with Gasteiger partial charge in [0, 0.05) is 30.9 Å². The highest BCUT2D eigenvalue weighted by Crippen LogP contribution is 2.39. The average molecular weight is 410 g/mol. The number of piperazine rings is 1. The second-order valence-electron chi connectivity index (χ2n) is 9.38. The van der Waals surface area contributed by atoms with Gasteiger partial charge in [0.15, 0.2) is 0 Å². The smallest absolute Gasteiger partial charge is 0.418 e. The molecule has 29 heavy (non-hydrogen) atoms. The fraction of sp³-hybridized carbons (Fsp3) is 0.591. The molecule has 1 fully saturated rings. The molecule has 0 saturated carbocycles. The first kappa shape index (κ1) is 22.9. The number of alkyl halides is 3. The van der Waals surface area contributed by atoms with Crippen molar-refractivity contribution in [2.45, 2.75) is 59.4 Å². The number of anilines is 1. The Balaban J connectivity index is 2.38. The molecule has 0 aromatic heterocycles. The van der Waals surface area contributed by atoms with Gasteiger partial charge in [0.05, 0.1) is 11.6 Å². The van der Waals surface area contributed by atoms with Crippen LogP contribution in [0.5, 0.6) is 0 Å². The topological polar surface area (TPSA) is 32.8 Å². The van der Waals surface area contributed by atoms with Gasteiger partial charge in [-0.3, -0.25) is 0 Å². The number of rotatable bonds is 1. The van der Waals surface area contributed by atoms with E-state index in [0.29, 0.717) is 0 Å². The second kappa shape index (κ2) is 7.81. The third-order valence-electron chi connectivity index (χ3n) is 4.82. The molecule has 0 radical (unpaired) electrons. The number of hydrogen-bond donors (Lipinski definition) is 0. The number of amides is 1. The summed E-state index contributed by atoms with van der Waals surface area (Å²) in [5.41, 5.74) is -1.50. The molecule has 4 nitrogen and oxygen atoms in total. The van der Waals surface area contributed by atoms with Crippen LogP contribution >= 0.6 is 0 Å². The van der Waals surface area contributed by atoms with Crippen molar-refractivity contribution in [1.29, 1.82) is 0 Å². The van der Waals surface area contributed by atoms with Crippen LogP contribution in [0.25, 0.3) is 0 Å². The van der Waals surface area contributed by atoms with Crippen molar-refractivity contribution in [1.82, 2.24) is 4.90 Å². The van der Waals surface area contributed by atoms with E-state index in [1.807, 2.05) is 20.8 Å². The molecule has 0 N–H and O–H groups in total. The maximum Gasteiger partial charge on any atom is 0.418 e. The SMILES string of the molecule is C#Cc1ccc(N2CCN(C(=O)OC(C)(C)C)C(C(C)(C)C)C2)c(C(F)(F)F)c1. The van der Waals surface area contributed by atoms with Crippen LogP contribution in [0.1, 0.15) is 52.7 Å². The van der Waals surface area contributed by atoms with Crippen LogP contribution in [0.4, 0.5) is 23.7 Å². The van der Waals surface area contributed by atoms with Crippen molar-refractivity contribution in [2.24, 2.45) is 5.41 Å². The normalized spacial score (nSPS) is 18.4. The van der Waals surface area contributed by atoms with Gasteiger partial charge in [0.1, 0.15) is 5.60 Å². The summed E-state index contributed by atoms with van der Waals surface area (Å²) < 4.78 is 46.5. The number of carbonyl (C=O) groups excluding carboxylic acids is 1. The highest BCUT2D eigenvalue weighted by atomic mass is 19.4. The first-order valence-electron chi connectivity index (χ1n) is 9.56. The van der Waals surface area contributed by atoms with Crippen molar-refractivity contribution < 1.29 is 22.7 Å². The Morgan fingerprint density at radius 3 is 2.24 bits per heavy atom. The molecular formula is C22H29F3N2O2. The van der Waals surface area contributed by atoms with Gasteiger partial charge in [-0.05, 0) is 44.4 Å². The largest absolute Gasteiger partial charge is 0.444 e. The lowest BCUT2D eigenvalue weighted by atomic mass is 9.84. The van der Waals surface area contributed by atoms with Gasteiger partial charge in [-0.25, -0.2) is 4.79 Å². The first-order chi connectivity index (χ1) is 13.1. The van der Waals surface area contributed by atoms with E-state index in [2.05, 4.69) is 5.92 Å². The van der Waals surface area contributed by atoms with E-state index >= 15 is 0 Å². The third kappa shape index (κ3) is 5.59. The van der Waals surface area contributed by atoms with Crippen molar-refractivity contribution in [3.63, 3.8) is 0 Å². The number of benzene rings is 1. The second-order valence-corrected chi connectivity index (χ2v) is 9.38. The lowest BCUT2D eigenvalue weighted by Gasteiger charge is -2.48. The average Bonchev–Trinajstić information content (AvgIpc) is 2.57. The third-order valence-corrected chi connectivity index (χ3v) is 4.82. The number of nitrogens with zero attached hydrogens (tertiary/aromatic N) is 2. The molecule has 1 heterocycles. The van der Waals surface area contributed by atoms with Gasteiger partial charge in [0.25, 0.3) is 0 Å². The molecule has 0 bridgehead atoms. The Bertz CT molecular complexity index is 798. The van der Waals surface area contributed by atoms with Crippen LogP contribution in [0.3, 0.4) is 0 Å².